The molecule has 0 saturated carbocycles. The first-order valence-electron chi connectivity index (χ1n) is 6.69. The van der Waals surface area contributed by atoms with Crippen molar-refractivity contribution in [2.45, 2.75) is 12.8 Å². The van der Waals surface area contributed by atoms with Crippen LogP contribution in [0, 0.1) is 0 Å². The molecule has 0 atom stereocenters. The molecule has 0 spiro atoms. The Morgan fingerprint density at radius 3 is 2.95 bits per heavy atom. The molecular weight excluding hydrogens is 286 g/mol. The van der Waals surface area contributed by atoms with E-state index in [1.165, 1.54) is 0 Å². The van der Waals surface area contributed by atoms with E-state index in [1.54, 1.807) is 18.3 Å². The number of nitrogens with zero attached hydrogens (tertiary/aromatic N) is 1. The molecule has 0 aliphatic rings. The number of carbonyl (C=O) groups is 1. The number of amides is 1. The molecule has 3 aromatic rings. The summed E-state index contributed by atoms with van der Waals surface area (Å²) in [6.45, 7) is 0. The van der Waals surface area contributed by atoms with Crippen molar-refractivity contribution in [3.05, 3.63) is 59.5 Å². The van der Waals surface area contributed by atoms with E-state index < -0.39 is 0 Å². The highest BCUT2D eigenvalue weighted by Gasteiger charge is 2.08. The Balaban J connectivity index is 1.65. The van der Waals surface area contributed by atoms with Gasteiger partial charge in [-0.1, -0.05) is 29.8 Å². The predicted octanol–water partition coefficient (Wildman–Crippen LogP) is 3.79. The van der Waals surface area contributed by atoms with Crippen molar-refractivity contribution in [1.29, 1.82) is 0 Å². The van der Waals surface area contributed by atoms with Gasteiger partial charge in [0.25, 0.3) is 0 Å². The van der Waals surface area contributed by atoms with E-state index in [2.05, 4.69) is 21.4 Å². The van der Waals surface area contributed by atoms with Gasteiger partial charge in [0.1, 0.15) is 0 Å². The molecule has 0 bridgehead atoms. The van der Waals surface area contributed by atoms with Gasteiger partial charge in [0.05, 0.1) is 5.69 Å². The van der Waals surface area contributed by atoms with Crippen LogP contribution in [0.25, 0.3) is 10.9 Å². The molecule has 0 fully saturated rings. The van der Waals surface area contributed by atoms with Gasteiger partial charge in [-0.15, -0.1) is 0 Å². The molecule has 2 N–H and O–H groups in total. The number of nitrogens with one attached hydrogen (secondary N) is 2. The zero-order valence-electron chi connectivity index (χ0n) is 11.3. The minimum absolute atomic E-state index is 0.0739. The molecule has 0 radical (unpaired) electrons. The fourth-order valence-electron chi connectivity index (χ4n) is 2.28. The Labute approximate surface area is 127 Å². The van der Waals surface area contributed by atoms with Crippen LogP contribution >= 0.6 is 11.6 Å². The van der Waals surface area contributed by atoms with Crippen molar-refractivity contribution in [2.24, 2.45) is 0 Å². The summed E-state index contributed by atoms with van der Waals surface area (Å²) < 4.78 is 0. The summed E-state index contributed by atoms with van der Waals surface area (Å²) in [7, 11) is 0. The number of pyridine rings is 1. The molecule has 2 aromatic heterocycles. The minimum atomic E-state index is -0.0739. The monoisotopic (exact) mass is 299 g/mol. The summed E-state index contributed by atoms with van der Waals surface area (Å²) in [6, 6.07) is 11.5. The lowest BCUT2D eigenvalue weighted by atomic mass is 10.1. The van der Waals surface area contributed by atoms with Gasteiger partial charge in [0.15, 0.2) is 5.15 Å². The fourth-order valence-corrected chi connectivity index (χ4v) is 2.45. The summed E-state index contributed by atoms with van der Waals surface area (Å²) in [6.07, 6.45) is 4.61. The SMILES string of the molecule is O=C(CCc1c[nH]c2ccccc12)Nc1cccnc1Cl. The molecule has 0 aliphatic carbocycles. The van der Waals surface area contributed by atoms with Crippen molar-refractivity contribution in [3.63, 3.8) is 0 Å². The number of para-hydroxylation sites is 1. The largest absolute Gasteiger partial charge is 0.361 e. The molecule has 5 heteroatoms. The first kappa shape index (κ1) is 13.6. The highest BCUT2D eigenvalue weighted by Crippen LogP contribution is 2.20. The topological polar surface area (TPSA) is 57.8 Å². The second-order valence-electron chi connectivity index (χ2n) is 4.75. The number of anilines is 1. The van der Waals surface area contributed by atoms with Gasteiger partial charge in [-0.05, 0) is 30.2 Å². The maximum absolute atomic E-state index is 12.0. The van der Waals surface area contributed by atoms with Crippen molar-refractivity contribution >= 4 is 34.1 Å². The van der Waals surface area contributed by atoms with Crippen LogP contribution in [-0.4, -0.2) is 15.9 Å². The van der Waals surface area contributed by atoms with Crippen LogP contribution in [-0.2, 0) is 11.2 Å². The molecule has 3 rings (SSSR count). The van der Waals surface area contributed by atoms with E-state index in [4.69, 9.17) is 11.6 Å². The van der Waals surface area contributed by atoms with Crippen molar-refractivity contribution in [3.8, 4) is 0 Å². The van der Waals surface area contributed by atoms with Crippen LogP contribution in [0.4, 0.5) is 5.69 Å². The number of hydrogen-bond acceptors (Lipinski definition) is 2. The molecule has 0 unspecified atom stereocenters. The van der Waals surface area contributed by atoms with Gasteiger partial charge in [-0.3, -0.25) is 4.79 Å². The van der Waals surface area contributed by atoms with Gasteiger partial charge in [0.2, 0.25) is 5.91 Å². The summed E-state index contributed by atoms with van der Waals surface area (Å²) in [5, 5.41) is 4.24. The lowest BCUT2D eigenvalue weighted by Gasteiger charge is -2.05. The van der Waals surface area contributed by atoms with E-state index in [0.717, 1.165) is 16.5 Å². The average molecular weight is 300 g/mol. The lowest BCUT2D eigenvalue weighted by molar-refractivity contribution is -0.116. The first-order chi connectivity index (χ1) is 10.2. The van der Waals surface area contributed by atoms with Crippen LogP contribution in [0.3, 0.4) is 0 Å². The molecule has 0 saturated heterocycles. The average Bonchev–Trinajstić information content (AvgIpc) is 2.91. The van der Waals surface area contributed by atoms with Crippen LogP contribution in [0.2, 0.25) is 5.15 Å². The maximum Gasteiger partial charge on any atom is 0.224 e. The normalized spacial score (nSPS) is 10.7. The number of benzene rings is 1. The summed E-state index contributed by atoms with van der Waals surface area (Å²) in [5.74, 6) is -0.0739. The zero-order chi connectivity index (χ0) is 14.7. The van der Waals surface area contributed by atoms with Gasteiger partial charge in [0, 0.05) is 29.7 Å². The Morgan fingerprint density at radius 1 is 1.24 bits per heavy atom. The zero-order valence-corrected chi connectivity index (χ0v) is 12.0. The summed E-state index contributed by atoms with van der Waals surface area (Å²) in [5.41, 5.74) is 2.77. The quantitative estimate of drug-likeness (QED) is 0.720. The van der Waals surface area contributed by atoms with Crippen LogP contribution in [0.5, 0.6) is 0 Å². The Hall–Kier alpha value is -2.33. The highest BCUT2D eigenvalue weighted by molar-refractivity contribution is 6.32. The molecular formula is C16H14ClN3O. The second kappa shape index (κ2) is 5.97. The predicted molar refractivity (Wildman–Crippen MR) is 84.5 cm³/mol. The molecule has 1 aromatic carbocycles. The van der Waals surface area contributed by atoms with E-state index in [9.17, 15) is 4.79 Å². The smallest absolute Gasteiger partial charge is 0.224 e. The number of H-pyrrole nitrogens is 1. The Bertz CT molecular complexity index is 782. The molecule has 1 amide bonds. The maximum atomic E-state index is 12.0. The summed E-state index contributed by atoms with van der Waals surface area (Å²) in [4.78, 5) is 19.1. The fraction of sp³-hybridized carbons (Fsp3) is 0.125. The molecule has 2 heterocycles. The number of aryl methyl sites for hydroxylation is 1. The lowest BCUT2D eigenvalue weighted by Crippen LogP contribution is -2.12. The number of carbonyl (C=O) groups excluding carboxylic acids is 1. The van der Waals surface area contributed by atoms with Crippen molar-refractivity contribution < 1.29 is 4.79 Å². The number of aromatic nitrogens is 2. The van der Waals surface area contributed by atoms with Crippen LogP contribution in [0.15, 0.2) is 48.8 Å². The number of fused-ring (bicyclic) bond motifs is 1. The molecule has 0 aliphatic heterocycles. The number of aromatic amines is 1. The Morgan fingerprint density at radius 2 is 2.10 bits per heavy atom. The van der Waals surface area contributed by atoms with Crippen LogP contribution in [0.1, 0.15) is 12.0 Å². The van der Waals surface area contributed by atoms with Gasteiger partial charge >= 0.3 is 0 Å². The highest BCUT2D eigenvalue weighted by atomic mass is 35.5. The third-order valence-electron chi connectivity index (χ3n) is 3.33. The standard InChI is InChI=1S/C16H14ClN3O/c17-16-14(6-3-9-18-16)20-15(21)8-7-11-10-19-13-5-2-1-4-12(11)13/h1-6,9-10,19H,7-8H2,(H,20,21). The second-order valence-corrected chi connectivity index (χ2v) is 5.11. The number of halogens is 1. The van der Waals surface area contributed by atoms with Gasteiger partial charge < -0.3 is 10.3 Å². The van der Waals surface area contributed by atoms with E-state index in [0.29, 0.717) is 23.7 Å². The molecule has 106 valence electrons. The molecule has 4 nitrogen and oxygen atoms in total. The minimum Gasteiger partial charge on any atom is -0.361 e. The van der Waals surface area contributed by atoms with E-state index in [1.807, 2.05) is 24.4 Å². The van der Waals surface area contributed by atoms with Crippen LogP contribution < -0.4 is 5.32 Å². The number of rotatable bonds is 4. The number of hydrogen-bond donors (Lipinski definition) is 2. The Kier molecular flexibility index (Phi) is 3.88. The first-order valence-corrected chi connectivity index (χ1v) is 7.07. The van der Waals surface area contributed by atoms with Crippen molar-refractivity contribution in [2.75, 3.05) is 5.32 Å². The third kappa shape index (κ3) is 3.06. The van der Waals surface area contributed by atoms with E-state index in [-0.39, 0.29) is 5.91 Å². The van der Waals surface area contributed by atoms with Gasteiger partial charge in [-0.2, -0.15) is 0 Å². The van der Waals surface area contributed by atoms with Crippen molar-refractivity contribution in [1.82, 2.24) is 9.97 Å². The third-order valence-corrected chi connectivity index (χ3v) is 3.63. The van der Waals surface area contributed by atoms with E-state index >= 15 is 0 Å². The molecule has 21 heavy (non-hydrogen) atoms. The summed E-state index contributed by atoms with van der Waals surface area (Å²) >= 11 is 5.92. The van der Waals surface area contributed by atoms with Gasteiger partial charge in [-0.25, -0.2) is 4.98 Å².